The van der Waals surface area contributed by atoms with Crippen LogP contribution in [0, 0.1) is 0 Å². The summed E-state index contributed by atoms with van der Waals surface area (Å²) in [6.07, 6.45) is 5.27. The minimum absolute atomic E-state index is 0.0339. The van der Waals surface area contributed by atoms with Crippen molar-refractivity contribution in [3.63, 3.8) is 0 Å². The fourth-order valence-corrected chi connectivity index (χ4v) is 2.27. The van der Waals surface area contributed by atoms with Crippen molar-refractivity contribution < 1.29 is 23.2 Å². The number of carbonyl (C=O) groups excluding carboxylic acids is 1. The molecule has 0 radical (unpaired) electrons. The van der Waals surface area contributed by atoms with Gasteiger partial charge in [-0.2, -0.15) is 4.98 Å². The van der Waals surface area contributed by atoms with E-state index in [1.807, 2.05) is 0 Å². The molecule has 7 heteroatoms. The van der Waals surface area contributed by atoms with Gasteiger partial charge in [0.1, 0.15) is 6.61 Å². The Bertz CT molecular complexity index is 587. The molecule has 0 aliphatic carbocycles. The molecule has 0 N–H and O–H groups in total. The molecular weight excluding hydrogens is 288 g/mol. The van der Waals surface area contributed by atoms with Crippen LogP contribution in [0.25, 0.3) is 11.6 Å². The van der Waals surface area contributed by atoms with Gasteiger partial charge in [0.25, 0.3) is 0 Å². The summed E-state index contributed by atoms with van der Waals surface area (Å²) in [5, 5.41) is 3.80. The number of esters is 1. The summed E-state index contributed by atoms with van der Waals surface area (Å²) < 4.78 is 21.0. The Morgan fingerprint density at radius 1 is 1.41 bits per heavy atom. The Hall–Kier alpha value is -2.15. The highest BCUT2D eigenvalue weighted by atomic mass is 16.6. The zero-order valence-corrected chi connectivity index (χ0v) is 12.2. The number of furan rings is 1. The Morgan fingerprint density at radius 3 is 3.14 bits per heavy atom. The topological polar surface area (TPSA) is 87.6 Å². The van der Waals surface area contributed by atoms with Gasteiger partial charge in [-0.1, -0.05) is 5.16 Å². The third-order valence-electron chi connectivity index (χ3n) is 3.46. The first-order chi connectivity index (χ1) is 10.8. The van der Waals surface area contributed by atoms with Crippen LogP contribution in [0.3, 0.4) is 0 Å². The minimum atomic E-state index is -0.285. The molecule has 0 aromatic carbocycles. The van der Waals surface area contributed by atoms with Gasteiger partial charge in [-0.15, -0.1) is 0 Å². The molecule has 0 saturated carbocycles. The van der Waals surface area contributed by atoms with Crippen LogP contribution in [0.5, 0.6) is 0 Å². The van der Waals surface area contributed by atoms with Gasteiger partial charge in [0.05, 0.1) is 18.8 Å². The van der Waals surface area contributed by atoms with Crippen molar-refractivity contribution in [2.45, 2.75) is 38.2 Å². The van der Waals surface area contributed by atoms with Crippen molar-refractivity contribution in [3.05, 3.63) is 24.3 Å². The molecule has 2 aromatic heterocycles. The van der Waals surface area contributed by atoms with Gasteiger partial charge in [-0.25, -0.2) is 0 Å². The summed E-state index contributed by atoms with van der Waals surface area (Å²) in [4.78, 5) is 15.9. The van der Waals surface area contributed by atoms with Crippen molar-refractivity contribution in [1.82, 2.24) is 10.1 Å². The number of aromatic nitrogens is 2. The number of hydrogen-bond donors (Lipinski definition) is 0. The maximum Gasteiger partial charge on any atom is 0.306 e. The molecule has 118 valence electrons. The normalized spacial score (nSPS) is 18.3. The molecule has 3 rings (SSSR count). The molecule has 1 saturated heterocycles. The number of rotatable bonds is 6. The second kappa shape index (κ2) is 7.22. The highest BCUT2D eigenvalue weighted by Gasteiger charge is 2.17. The van der Waals surface area contributed by atoms with Crippen molar-refractivity contribution in [2.75, 3.05) is 13.2 Å². The van der Waals surface area contributed by atoms with E-state index in [2.05, 4.69) is 10.1 Å². The largest absolute Gasteiger partial charge is 0.463 e. The summed E-state index contributed by atoms with van der Waals surface area (Å²) in [5.41, 5.74) is 0. The molecule has 0 spiro atoms. The highest BCUT2D eigenvalue weighted by molar-refractivity contribution is 5.69. The molecule has 0 bridgehead atoms. The van der Waals surface area contributed by atoms with Crippen LogP contribution in [-0.2, 0) is 20.7 Å². The summed E-state index contributed by atoms with van der Waals surface area (Å²) in [5.74, 6) is 1.01. The zero-order valence-electron chi connectivity index (χ0n) is 12.2. The Labute approximate surface area is 127 Å². The molecule has 3 heterocycles. The molecule has 22 heavy (non-hydrogen) atoms. The van der Waals surface area contributed by atoms with Gasteiger partial charge in [0, 0.05) is 13.0 Å². The van der Waals surface area contributed by atoms with Crippen molar-refractivity contribution in [2.24, 2.45) is 0 Å². The lowest BCUT2D eigenvalue weighted by atomic mass is 10.1. The zero-order chi connectivity index (χ0) is 15.2. The highest BCUT2D eigenvalue weighted by Crippen LogP contribution is 2.16. The first-order valence-electron chi connectivity index (χ1n) is 7.45. The van der Waals surface area contributed by atoms with Gasteiger partial charge in [0.15, 0.2) is 5.76 Å². The SMILES string of the molecule is O=C(CCc1nc(-c2ccco2)no1)OCC1CCCCO1. The lowest BCUT2D eigenvalue weighted by Crippen LogP contribution is -2.26. The predicted octanol–water partition coefficient (Wildman–Crippen LogP) is 2.37. The molecule has 1 unspecified atom stereocenters. The van der Waals surface area contributed by atoms with Crippen LogP contribution < -0.4 is 0 Å². The van der Waals surface area contributed by atoms with Crippen LogP contribution >= 0.6 is 0 Å². The molecule has 2 aromatic rings. The van der Waals surface area contributed by atoms with Gasteiger partial charge < -0.3 is 18.4 Å². The molecule has 1 atom stereocenters. The minimum Gasteiger partial charge on any atom is -0.463 e. The summed E-state index contributed by atoms with van der Waals surface area (Å²) in [7, 11) is 0. The van der Waals surface area contributed by atoms with E-state index in [0.29, 0.717) is 30.5 Å². The first-order valence-corrected chi connectivity index (χ1v) is 7.45. The quantitative estimate of drug-likeness (QED) is 0.757. The van der Waals surface area contributed by atoms with Crippen molar-refractivity contribution >= 4 is 5.97 Å². The van der Waals surface area contributed by atoms with Gasteiger partial charge >= 0.3 is 5.97 Å². The van der Waals surface area contributed by atoms with E-state index in [0.717, 1.165) is 25.9 Å². The smallest absolute Gasteiger partial charge is 0.306 e. The van der Waals surface area contributed by atoms with Crippen LogP contribution in [0.2, 0.25) is 0 Å². The second-order valence-electron chi connectivity index (χ2n) is 5.16. The van der Waals surface area contributed by atoms with E-state index < -0.39 is 0 Å². The van der Waals surface area contributed by atoms with Crippen LogP contribution in [-0.4, -0.2) is 35.4 Å². The monoisotopic (exact) mass is 306 g/mol. The first kappa shape index (κ1) is 14.8. The Kier molecular flexibility index (Phi) is 4.85. The summed E-state index contributed by atoms with van der Waals surface area (Å²) in [6, 6.07) is 3.49. The summed E-state index contributed by atoms with van der Waals surface area (Å²) >= 11 is 0. The fraction of sp³-hybridized carbons (Fsp3) is 0.533. The number of aryl methyl sites for hydroxylation is 1. The molecule has 0 amide bonds. The molecule has 7 nitrogen and oxygen atoms in total. The molecule has 1 aliphatic heterocycles. The van der Waals surface area contributed by atoms with Gasteiger partial charge in [0.2, 0.25) is 11.7 Å². The third kappa shape index (κ3) is 3.94. The Morgan fingerprint density at radius 2 is 2.36 bits per heavy atom. The fourth-order valence-electron chi connectivity index (χ4n) is 2.27. The number of ether oxygens (including phenoxy) is 2. The van der Waals surface area contributed by atoms with Gasteiger partial charge in [-0.05, 0) is 31.4 Å². The molecular formula is C15H18N2O5. The number of hydrogen-bond acceptors (Lipinski definition) is 7. The lowest BCUT2D eigenvalue weighted by molar-refractivity contribution is -0.149. The van der Waals surface area contributed by atoms with Crippen LogP contribution in [0.4, 0.5) is 0 Å². The van der Waals surface area contributed by atoms with Crippen LogP contribution in [0.1, 0.15) is 31.6 Å². The van der Waals surface area contributed by atoms with E-state index >= 15 is 0 Å². The van der Waals surface area contributed by atoms with Crippen molar-refractivity contribution in [1.29, 1.82) is 0 Å². The van der Waals surface area contributed by atoms with Crippen LogP contribution in [0.15, 0.2) is 27.3 Å². The van der Waals surface area contributed by atoms with E-state index in [1.54, 1.807) is 12.1 Å². The van der Waals surface area contributed by atoms with E-state index in [9.17, 15) is 4.79 Å². The second-order valence-corrected chi connectivity index (χ2v) is 5.16. The lowest BCUT2D eigenvalue weighted by Gasteiger charge is -2.21. The van der Waals surface area contributed by atoms with Gasteiger partial charge in [-0.3, -0.25) is 4.79 Å². The Balaban J connectivity index is 1.41. The van der Waals surface area contributed by atoms with E-state index in [1.165, 1.54) is 6.26 Å². The average molecular weight is 306 g/mol. The molecule has 1 fully saturated rings. The van der Waals surface area contributed by atoms with E-state index in [4.69, 9.17) is 18.4 Å². The molecule has 1 aliphatic rings. The van der Waals surface area contributed by atoms with Crippen molar-refractivity contribution in [3.8, 4) is 11.6 Å². The predicted molar refractivity (Wildman–Crippen MR) is 74.9 cm³/mol. The summed E-state index contributed by atoms with van der Waals surface area (Å²) in [6.45, 7) is 1.07. The number of nitrogens with zero attached hydrogens (tertiary/aromatic N) is 2. The maximum atomic E-state index is 11.7. The maximum absolute atomic E-state index is 11.7. The van der Waals surface area contributed by atoms with E-state index in [-0.39, 0.29) is 18.5 Å². The average Bonchev–Trinajstić information content (AvgIpc) is 3.22. The standard InChI is InChI=1S/C15H18N2O5/c18-14(21-10-11-4-1-2-8-19-11)7-6-13-16-15(17-22-13)12-5-3-9-20-12/h3,5,9,11H,1-2,4,6-8,10H2. The third-order valence-corrected chi connectivity index (χ3v) is 3.46. The number of carbonyl (C=O) groups is 1.